The SMILES string of the molecule is CCS(=O)(=O)N1C[C@@H](C(=O)NC[C@H]2CCCO2)Oc2ccccc21. The Labute approximate surface area is 142 Å². The fraction of sp³-hybridized carbons (Fsp3) is 0.562. The number of ether oxygens (including phenoxy) is 2. The molecule has 1 amide bonds. The van der Waals surface area contributed by atoms with Crippen LogP contribution in [0.15, 0.2) is 24.3 Å². The number of benzene rings is 1. The summed E-state index contributed by atoms with van der Waals surface area (Å²) >= 11 is 0. The summed E-state index contributed by atoms with van der Waals surface area (Å²) in [6.45, 7) is 2.70. The first-order valence-electron chi connectivity index (χ1n) is 8.16. The lowest BCUT2D eigenvalue weighted by Gasteiger charge is -2.34. The zero-order chi connectivity index (χ0) is 17.2. The highest BCUT2D eigenvalue weighted by Crippen LogP contribution is 2.35. The van der Waals surface area contributed by atoms with Gasteiger partial charge in [0.05, 0.1) is 24.1 Å². The van der Waals surface area contributed by atoms with E-state index in [0.29, 0.717) is 18.0 Å². The molecular formula is C16H22N2O5S. The van der Waals surface area contributed by atoms with E-state index in [1.54, 1.807) is 31.2 Å². The fourth-order valence-corrected chi connectivity index (χ4v) is 4.02. The lowest BCUT2D eigenvalue weighted by molar-refractivity contribution is -0.128. The molecule has 7 nitrogen and oxygen atoms in total. The van der Waals surface area contributed by atoms with Gasteiger partial charge in [-0.2, -0.15) is 0 Å². The number of hydrogen-bond acceptors (Lipinski definition) is 5. The van der Waals surface area contributed by atoms with Crippen LogP contribution >= 0.6 is 0 Å². The first kappa shape index (κ1) is 17.0. The van der Waals surface area contributed by atoms with Crippen molar-refractivity contribution in [2.24, 2.45) is 0 Å². The van der Waals surface area contributed by atoms with Crippen LogP contribution in [0.25, 0.3) is 0 Å². The maximum atomic E-state index is 12.4. The number of carbonyl (C=O) groups is 1. The molecule has 1 saturated heterocycles. The number of fused-ring (bicyclic) bond motifs is 1. The van der Waals surface area contributed by atoms with E-state index in [-0.39, 0.29) is 24.3 Å². The average molecular weight is 354 g/mol. The topological polar surface area (TPSA) is 84.9 Å². The van der Waals surface area contributed by atoms with Crippen LogP contribution in [0, 0.1) is 0 Å². The summed E-state index contributed by atoms with van der Waals surface area (Å²) in [6, 6.07) is 6.86. The van der Waals surface area contributed by atoms with Crippen LogP contribution in [0.4, 0.5) is 5.69 Å². The lowest BCUT2D eigenvalue weighted by atomic mass is 10.2. The van der Waals surface area contributed by atoms with Crippen LogP contribution in [0.1, 0.15) is 19.8 Å². The number of nitrogens with zero attached hydrogens (tertiary/aromatic N) is 1. The molecule has 1 aromatic rings. The molecule has 1 fully saturated rings. The third-order valence-electron chi connectivity index (χ3n) is 4.26. The van der Waals surface area contributed by atoms with Gasteiger partial charge in [-0.1, -0.05) is 12.1 Å². The predicted octanol–water partition coefficient (Wildman–Crippen LogP) is 0.899. The molecule has 0 radical (unpaired) electrons. The maximum Gasteiger partial charge on any atom is 0.263 e. The highest BCUT2D eigenvalue weighted by Gasteiger charge is 2.36. The van der Waals surface area contributed by atoms with Gasteiger partial charge in [0.25, 0.3) is 5.91 Å². The van der Waals surface area contributed by atoms with Crippen molar-refractivity contribution in [1.82, 2.24) is 5.32 Å². The van der Waals surface area contributed by atoms with Gasteiger partial charge in [-0.3, -0.25) is 9.10 Å². The summed E-state index contributed by atoms with van der Waals surface area (Å²) in [4.78, 5) is 12.4. The average Bonchev–Trinajstić information content (AvgIpc) is 3.12. The molecule has 24 heavy (non-hydrogen) atoms. The summed E-state index contributed by atoms with van der Waals surface area (Å²) in [5.74, 6) is 0.0420. The highest BCUT2D eigenvalue weighted by molar-refractivity contribution is 7.92. The Hall–Kier alpha value is -1.80. The Bertz CT molecular complexity index is 700. The molecule has 0 spiro atoms. The van der Waals surface area contributed by atoms with Crippen molar-refractivity contribution in [3.63, 3.8) is 0 Å². The normalized spacial score (nSPS) is 23.5. The number of para-hydroxylation sites is 2. The summed E-state index contributed by atoms with van der Waals surface area (Å²) in [5, 5.41) is 2.80. The molecule has 0 unspecified atom stereocenters. The van der Waals surface area contributed by atoms with Gasteiger partial charge < -0.3 is 14.8 Å². The first-order chi connectivity index (χ1) is 11.5. The minimum absolute atomic E-state index is 0.0233. The van der Waals surface area contributed by atoms with Gasteiger partial charge in [0, 0.05) is 13.2 Å². The van der Waals surface area contributed by atoms with Crippen molar-refractivity contribution in [2.75, 3.05) is 29.8 Å². The smallest absolute Gasteiger partial charge is 0.263 e. The van der Waals surface area contributed by atoms with Crippen LogP contribution in [-0.4, -0.2) is 52.0 Å². The molecule has 0 saturated carbocycles. The van der Waals surface area contributed by atoms with E-state index in [0.717, 1.165) is 19.4 Å². The van der Waals surface area contributed by atoms with E-state index in [1.807, 2.05) is 0 Å². The van der Waals surface area contributed by atoms with Crippen LogP contribution in [0.3, 0.4) is 0 Å². The number of rotatable bonds is 5. The molecular weight excluding hydrogens is 332 g/mol. The second-order valence-corrected chi connectivity index (χ2v) is 8.07. The van der Waals surface area contributed by atoms with Crippen molar-refractivity contribution < 1.29 is 22.7 Å². The van der Waals surface area contributed by atoms with Crippen LogP contribution in [-0.2, 0) is 19.6 Å². The summed E-state index contributed by atoms with van der Waals surface area (Å²) < 4.78 is 37.2. The Morgan fingerprint density at radius 1 is 1.38 bits per heavy atom. The van der Waals surface area contributed by atoms with Gasteiger partial charge in [0.1, 0.15) is 5.75 Å². The predicted molar refractivity (Wildman–Crippen MR) is 89.6 cm³/mol. The Balaban J connectivity index is 1.75. The van der Waals surface area contributed by atoms with Crippen LogP contribution in [0.2, 0.25) is 0 Å². The summed E-state index contributed by atoms with van der Waals surface area (Å²) in [6.07, 6.45) is 1.07. The Kier molecular flexibility index (Phi) is 4.96. The van der Waals surface area contributed by atoms with Gasteiger partial charge in [-0.05, 0) is 31.9 Å². The van der Waals surface area contributed by atoms with Gasteiger partial charge in [0.15, 0.2) is 6.10 Å². The Morgan fingerprint density at radius 2 is 2.17 bits per heavy atom. The molecule has 0 aromatic heterocycles. The molecule has 132 valence electrons. The minimum atomic E-state index is -3.48. The molecule has 2 aliphatic rings. The molecule has 3 rings (SSSR count). The van der Waals surface area contributed by atoms with Crippen molar-refractivity contribution in [3.05, 3.63) is 24.3 Å². The van der Waals surface area contributed by atoms with Crippen LogP contribution < -0.4 is 14.4 Å². The van der Waals surface area contributed by atoms with Gasteiger partial charge in [0.2, 0.25) is 10.0 Å². The van der Waals surface area contributed by atoms with E-state index in [2.05, 4.69) is 5.32 Å². The quantitative estimate of drug-likeness (QED) is 0.849. The number of hydrogen-bond donors (Lipinski definition) is 1. The number of sulfonamides is 1. The number of carbonyl (C=O) groups excluding carboxylic acids is 1. The zero-order valence-corrected chi connectivity index (χ0v) is 14.4. The van der Waals surface area contributed by atoms with Crippen molar-refractivity contribution in [3.8, 4) is 5.75 Å². The molecule has 8 heteroatoms. The monoisotopic (exact) mass is 354 g/mol. The number of amides is 1. The molecule has 1 N–H and O–H groups in total. The van der Waals surface area contributed by atoms with E-state index >= 15 is 0 Å². The standard InChI is InChI=1S/C16H22N2O5S/c1-2-24(20,21)18-11-15(23-14-8-4-3-7-13(14)18)16(19)17-10-12-6-5-9-22-12/h3-4,7-8,12,15H,2,5-6,9-11H2,1H3,(H,17,19)/t12-,15+/m1/s1. The minimum Gasteiger partial charge on any atom is -0.476 e. The summed E-state index contributed by atoms with van der Waals surface area (Å²) in [5.41, 5.74) is 0.475. The highest BCUT2D eigenvalue weighted by atomic mass is 32.2. The molecule has 2 aliphatic heterocycles. The number of nitrogens with one attached hydrogen (secondary N) is 1. The van der Waals surface area contributed by atoms with E-state index < -0.39 is 16.1 Å². The molecule has 2 heterocycles. The van der Waals surface area contributed by atoms with Gasteiger partial charge in [-0.25, -0.2) is 8.42 Å². The van der Waals surface area contributed by atoms with E-state index in [4.69, 9.17) is 9.47 Å². The van der Waals surface area contributed by atoms with E-state index in [9.17, 15) is 13.2 Å². The first-order valence-corrected chi connectivity index (χ1v) is 9.77. The fourth-order valence-electron chi connectivity index (χ4n) is 2.89. The molecule has 0 bridgehead atoms. The van der Waals surface area contributed by atoms with Crippen LogP contribution in [0.5, 0.6) is 5.75 Å². The molecule has 0 aliphatic carbocycles. The van der Waals surface area contributed by atoms with Gasteiger partial charge in [-0.15, -0.1) is 0 Å². The third kappa shape index (κ3) is 3.49. The molecule has 2 atom stereocenters. The second kappa shape index (κ2) is 6.98. The molecule has 1 aromatic carbocycles. The van der Waals surface area contributed by atoms with Crippen molar-refractivity contribution in [2.45, 2.75) is 32.0 Å². The van der Waals surface area contributed by atoms with Crippen molar-refractivity contribution in [1.29, 1.82) is 0 Å². The zero-order valence-electron chi connectivity index (χ0n) is 13.6. The Morgan fingerprint density at radius 3 is 2.88 bits per heavy atom. The summed E-state index contributed by atoms with van der Waals surface area (Å²) in [7, 11) is -3.48. The largest absolute Gasteiger partial charge is 0.476 e. The third-order valence-corrected chi connectivity index (χ3v) is 6.00. The number of anilines is 1. The second-order valence-electron chi connectivity index (χ2n) is 5.89. The maximum absolute atomic E-state index is 12.4. The van der Waals surface area contributed by atoms with Crippen molar-refractivity contribution >= 4 is 21.6 Å². The van der Waals surface area contributed by atoms with E-state index in [1.165, 1.54) is 4.31 Å². The lowest BCUT2D eigenvalue weighted by Crippen LogP contribution is -2.51. The van der Waals surface area contributed by atoms with Gasteiger partial charge >= 0.3 is 0 Å².